The average molecular weight is 371 g/mol. The first kappa shape index (κ1) is 18.3. The summed E-state index contributed by atoms with van der Waals surface area (Å²) in [5.41, 5.74) is -0.296. The van der Waals surface area contributed by atoms with Crippen LogP contribution in [0.25, 0.3) is 5.82 Å². The average Bonchev–Trinajstić information content (AvgIpc) is 3.19. The molecule has 0 unspecified atom stereocenters. The van der Waals surface area contributed by atoms with Gasteiger partial charge in [-0.1, -0.05) is 12.1 Å². The van der Waals surface area contributed by atoms with Gasteiger partial charge in [-0.05, 0) is 31.2 Å². The third kappa shape index (κ3) is 4.57. The fourth-order valence-electron chi connectivity index (χ4n) is 2.34. The molecule has 0 spiro atoms. The summed E-state index contributed by atoms with van der Waals surface area (Å²) in [6.07, 6.45) is 2.43. The van der Waals surface area contributed by atoms with Crippen LogP contribution in [0, 0.1) is 5.82 Å². The maximum absolute atomic E-state index is 13.6. The monoisotopic (exact) mass is 371 g/mol. The van der Waals surface area contributed by atoms with Crippen molar-refractivity contribution in [3.8, 4) is 11.6 Å². The smallest absolute Gasteiger partial charge is 0.266 e. The first-order valence-electron chi connectivity index (χ1n) is 8.31. The van der Waals surface area contributed by atoms with Gasteiger partial charge in [0.2, 0.25) is 0 Å². The fourth-order valence-corrected chi connectivity index (χ4v) is 2.34. The van der Waals surface area contributed by atoms with Crippen molar-refractivity contribution in [1.82, 2.24) is 24.9 Å². The molecule has 1 amide bonds. The van der Waals surface area contributed by atoms with E-state index in [2.05, 4.69) is 15.5 Å². The molecule has 0 fully saturated rings. The summed E-state index contributed by atoms with van der Waals surface area (Å²) in [7, 11) is 0. The minimum atomic E-state index is -0.887. The second kappa shape index (κ2) is 8.26. The molecule has 3 rings (SSSR count). The van der Waals surface area contributed by atoms with Crippen molar-refractivity contribution >= 4 is 5.91 Å². The summed E-state index contributed by atoms with van der Waals surface area (Å²) in [6.45, 7) is 1.86. The largest absolute Gasteiger partial charge is 0.478 e. The third-order valence-electron chi connectivity index (χ3n) is 3.72. The number of benzene rings is 1. The van der Waals surface area contributed by atoms with E-state index in [0.717, 1.165) is 0 Å². The number of amides is 1. The van der Waals surface area contributed by atoms with Crippen molar-refractivity contribution < 1.29 is 13.9 Å². The summed E-state index contributed by atoms with van der Waals surface area (Å²) >= 11 is 0. The Morgan fingerprint density at radius 1 is 1.26 bits per heavy atom. The zero-order valence-corrected chi connectivity index (χ0v) is 14.6. The molecule has 8 nitrogen and oxygen atoms in total. The lowest BCUT2D eigenvalue weighted by atomic mass is 10.3. The van der Waals surface area contributed by atoms with E-state index in [1.807, 2.05) is 0 Å². The van der Waals surface area contributed by atoms with Crippen LogP contribution in [0.15, 0.2) is 59.7 Å². The summed E-state index contributed by atoms with van der Waals surface area (Å²) in [5, 5.41) is 10.9. The third-order valence-corrected chi connectivity index (χ3v) is 3.72. The molecule has 1 aromatic carbocycles. The van der Waals surface area contributed by atoms with Gasteiger partial charge in [-0.15, -0.1) is 5.10 Å². The van der Waals surface area contributed by atoms with Gasteiger partial charge >= 0.3 is 0 Å². The molecular formula is C18H18FN5O3. The molecule has 3 aromatic rings. The van der Waals surface area contributed by atoms with Crippen LogP contribution in [-0.4, -0.2) is 38.1 Å². The van der Waals surface area contributed by atoms with Crippen LogP contribution >= 0.6 is 0 Å². The van der Waals surface area contributed by atoms with Gasteiger partial charge in [-0.2, -0.15) is 5.10 Å². The number of hydrogen-bond acceptors (Lipinski definition) is 5. The van der Waals surface area contributed by atoms with Gasteiger partial charge in [0, 0.05) is 25.0 Å². The molecular weight excluding hydrogens is 353 g/mol. The number of para-hydroxylation sites is 1. The van der Waals surface area contributed by atoms with Crippen LogP contribution in [0.4, 0.5) is 4.39 Å². The predicted molar refractivity (Wildman–Crippen MR) is 95.1 cm³/mol. The quantitative estimate of drug-likeness (QED) is 0.673. The molecule has 9 heteroatoms. The molecule has 0 radical (unpaired) electrons. The number of nitrogens with zero attached hydrogens (tertiary/aromatic N) is 4. The van der Waals surface area contributed by atoms with Crippen molar-refractivity contribution in [2.24, 2.45) is 0 Å². The Kier molecular flexibility index (Phi) is 5.60. The molecule has 0 aliphatic carbocycles. The van der Waals surface area contributed by atoms with Crippen LogP contribution < -0.4 is 15.6 Å². The van der Waals surface area contributed by atoms with E-state index in [0.29, 0.717) is 5.82 Å². The molecule has 140 valence electrons. The lowest BCUT2D eigenvalue weighted by Crippen LogP contribution is -2.39. The fraction of sp³-hybridized carbons (Fsp3) is 0.222. The summed E-state index contributed by atoms with van der Waals surface area (Å²) < 4.78 is 21.7. The standard InChI is InChI=1S/C18H18FN5O3/c1-13(27-15-6-3-2-5-14(15)19)18(26)20-10-12-24-17(25)8-7-16(22-24)23-11-4-9-21-23/h2-9,11,13H,10,12H2,1H3,(H,20,26)/t13-/m0/s1. The number of hydrogen-bond donors (Lipinski definition) is 1. The van der Waals surface area contributed by atoms with Crippen LogP contribution in [0.2, 0.25) is 0 Å². The number of halogens is 1. The number of nitrogens with one attached hydrogen (secondary N) is 1. The van der Waals surface area contributed by atoms with Crippen LogP contribution in [0.1, 0.15) is 6.92 Å². The highest BCUT2D eigenvalue weighted by Crippen LogP contribution is 2.16. The van der Waals surface area contributed by atoms with E-state index >= 15 is 0 Å². The Morgan fingerprint density at radius 3 is 2.81 bits per heavy atom. The first-order valence-corrected chi connectivity index (χ1v) is 8.31. The van der Waals surface area contributed by atoms with E-state index in [4.69, 9.17) is 4.74 Å². The first-order chi connectivity index (χ1) is 13.0. The molecule has 0 saturated carbocycles. The van der Waals surface area contributed by atoms with Gasteiger partial charge in [-0.3, -0.25) is 9.59 Å². The zero-order chi connectivity index (χ0) is 19.2. The topological polar surface area (TPSA) is 91.0 Å². The summed E-state index contributed by atoms with van der Waals surface area (Å²) in [6, 6.07) is 10.6. The Morgan fingerprint density at radius 2 is 2.07 bits per heavy atom. The van der Waals surface area contributed by atoms with Crippen LogP contribution in [-0.2, 0) is 11.3 Å². The number of aromatic nitrogens is 4. The maximum atomic E-state index is 13.6. The van der Waals surface area contributed by atoms with Crippen molar-refractivity contribution in [2.45, 2.75) is 19.6 Å². The van der Waals surface area contributed by atoms with Crippen molar-refractivity contribution in [3.63, 3.8) is 0 Å². The minimum absolute atomic E-state index is 0.00459. The second-order valence-corrected chi connectivity index (χ2v) is 5.69. The van der Waals surface area contributed by atoms with Gasteiger partial charge in [-0.25, -0.2) is 13.8 Å². The van der Waals surface area contributed by atoms with E-state index in [9.17, 15) is 14.0 Å². The molecule has 27 heavy (non-hydrogen) atoms. The second-order valence-electron chi connectivity index (χ2n) is 5.69. The van der Waals surface area contributed by atoms with Crippen molar-refractivity contribution in [2.75, 3.05) is 6.54 Å². The SMILES string of the molecule is C[C@H](Oc1ccccc1F)C(=O)NCCn1nc(-n2cccn2)ccc1=O. The number of carbonyl (C=O) groups excluding carboxylic acids is 1. The Bertz CT molecular complexity index is 971. The Balaban J connectivity index is 1.56. The van der Waals surface area contributed by atoms with Crippen LogP contribution in [0.3, 0.4) is 0 Å². The molecule has 1 atom stereocenters. The van der Waals surface area contributed by atoms with Crippen molar-refractivity contribution in [3.05, 3.63) is 71.0 Å². The molecule has 2 heterocycles. The molecule has 2 aromatic heterocycles. The number of carbonyl (C=O) groups is 1. The van der Waals surface area contributed by atoms with E-state index in [1.165, 1.54) is 40.6 Å². The Labute approximate surface area is 154 Å². The normalized spacial score (nSPS) is 11.8. The van der Waals surface area contributed by atoms with Gasteiger partial charge in [0.25, 0.3) is 11.5 Å². The molecule has 0 bridgehead atoms. The number of ether oxygens (including phenoxy) is 1. The van der Waals surface area contributed by atoms with E-state index in [1.54, 1.807) is 30.6 Å². The molecule has 1 N–H and O–H groups in total. The van der Waals surface area contributed by atoms with E-state index < -0.39 is 17.8 Å². The summed E-state index contributed by atoms with van der Waals surface area (Å²) in [4.78, 5) is 24.0. The zero-order valence-electron chi connectivity index (χ0n) is 14.6. The highest BCUT2D eigenvalue weighted by molar-refractivity contribution is 5.80. The predicted octanol–water partition coefficient (Wildman–Crippen LogP) is 1.15. The lowest BCUT2D eigenvalue weighted by molar-refractivity contribution is -0.127. The maximum Gasteiger partial charge on any atom is 0.266 e. The van der Waals surface area contributed by atoms with Gasteiger partial charge in [0.15, 0.2) is 23.5 Å². The molecule has 0 aliphatic heterocycles. The minimum Gasteiger partial charge on any atom is -0.478 e. The van der Waals surface area contributed by atoms with Gasteiger partial charge < -0.3 is 10.1 Å². The van der Waals surface area contributed by atoms with Crippen LogP contribution in [0.5, 0.6) is 5.75 Å². The van der Waals surface area contributed by atoms with Gasteiger partial charge in [0.05, 0.1) is 6.54 Å². The highest BCUT2D eigenvalue weighted by Gasteiger charge is 2.16. The molecule has 0 saturated heterocycles. The lowest BCUT2D eigenvalue weighted by Gasteiger charge is -2.15. The Hall–Kier alpha value is -3.49. The molecule has 0 aliphatic rings. The van der Waals surface area contributed by atoms with Gasteiger partial charge in [0.1, 0.15) is 0 Å². The summed E-state index contributed by atoms with van der Waals surface area (Å²) in [5.74, 6) is -0.468. The highest BCUT2D eigenvalue weighted by atomic mass is 19.1. The van der Waals surface area contributed by atoms with E-state index in [-0.39, 0.29) is 24.4 Å². The van der Waals surface area contributed by atoms with Crippen molar-refractivity contribution in [1.29, 1.82) is 0 Å². The number of rotatable bonds is 7.